The Balaban J connectivity index is 1.70. The minimum atomic E-state index is -0.495. The lowest BCUT2D eigenvalue weighted by atomic mass is 10.0. The van der Waals surface area contributed by atoms with Gasteiger partial charge in [-0.05, 0) is 43.1 Å². The van der Waals surface area contributed by atoms with Gasteiger partial charge in [0.1, 0.15) is 5.82 Å². The van der Waals surface area contributed by atoms with Gasteiger partial charge in [0, 0.05) is 13.1 Å². The summed E-state index contributed by atoms with van der Waals surface area (Å²) in [6.07, 6.45) is 2.98. The highest BCUT2D eigenvalue weighted by atomic mass is 19.1. The van der Waals surface area contributed by atoms with Gasteiger partial charge in [-0.3, -0.25) is 4.79 Å². The molecule has 0 unspecified atom stereocenters. The maximum Gasteiger partial charge on any atom is 0.254 e. The number of hydrogen-bond acceptors (Lipinski definition) is 2. The van der Waals surface area contributed by atoms with Gasteiger partial charge in [-0.25, -0.2) is 4.39 Å². The standard InChI is InChI=1S/C20H21FN2O/c1-14-2-4-16(5-3-14)17-6-7-18(19(21)12-17)20(24)23-13-15-8-10-22-11-9-15/h2-8,12,22H,9-11,13H2,1H3,(H,23,24). The van der Waals surface area contributed by atoms with E-state index in [0.717, 1.165) is 36.2 Å². The van der Waals surface area contributed by atoms with Crippen molar-refractivity contribution >= 4 is 5.91 Å². The number of benzene rings is 2. The van der Waals surface area contributed by atoms with Crippen LogP contribution in [0.3, 0.4) is 0 Å². The van der Waals surface area contributed by atoms with E-state index < -0.39 is 5.82 Å². The predicted molar refractivity (Wildman–Crippen MR) is 94.5 cm³/mol. The van der Waals surface area contributed by atoms with Gasteiger partial charge in [-0.2, -0.15) is 0 Å². The monoisotopic (exact) mass is 324 g/mol. The molecule has 0 saturated carbocycles. The van der Waals surface area contributed by atoms with Gasteiger partial charge in [-0.1, -0.05) is 47.5 Å². The first-order chi connectivity index (χ1) is 11.6. The van der Waals surface area contributed by atoms with E-state index in [-0.39, 0.29) is 11.5 Å². The Kier molecular flexibility index (Phi) is 5.06. The molecule has 0 aliphatic carbocycles. The second-order valence-electron chi connectivity index (χ2n) is 6.06. The van der Waals surface area contributed by atoms with Crippen LogP contribution in [0, 0.1) is 12.7 Å². The lowest BCUT2D eigenvalue weighted by Gasteiger charge is -2.15. The summed E-state index contributed by atoms with van der Waals surface area (Å²) in [6, 6.07) is 12.6. The minimum Gasteiger partial charge on any atom is -0.348 e. The van der Waals surface area contributed by atoms with Gasteiger partial charge in [0.05, 0.1) is 5.56 Å². The Morgan fingerprint density at radius 1 is 1.17 bits per heavy atom. The Morgan fingerprint density at radius 2 is 1.92 bits per heavy atom. The normalized spacial score (nSPS) is 14.2. The van der Waals surface area contributed by atoms with Crippen molar-refractivity contribution in [3.05, 3.63) is 71.1 Å². The van der Waals surface area contributed by atoms with Crippen LogP contribution in [0.15, 0.2) is 54.1 Å². The molecule has 3 rings (SSSR count). The Bertz CT molecular complexity index is 766. The van der Waals surface area contributed by atoms with Crippen molar-refractivity contribution in [2.24, 2.45) is 0 Å². The van der Waals surface area contributed by atoms with Gasteiger partial charge in [0.15, 0.2) is 0 Å². The zero-order chi connectivity index (χ0) is 16.9. The molecule has 0 radical (unpaired) electrons. The van der Waals surface area contributed by atoms with Gasteiger partial charge < -0.3 is 10.6 Å². The summed E-state index contributed by atoms with van der Waals surface area (Å²) in [5.74, 6) is -0.868. The predicted octanol–water partition coefficient (Wildman–Crippen LogP) is 3.45. The van der Waals surface area contributed by atoms with Gasteiger partial charge in [0.2, 0.25) is 0 Å². The lowest BCUT2D eigenvalue weighted by molar-refractivity contribution is 0.0952. The summed E-state index contributed by atoms with van der Waals surface area (Å²) >= 11 is 0. The van der Waals surface area contributed by atoms with E-state index in [0.29, 0.717) is 6.54 Å². The Labute approximate surface area is 141 Å². The first-order valence-corrected chi connectivity index (χ1v) is 8.17. The molecule has 0 atom stereocenters. The van der Waals surface area contributed by atoms with Gasteiger partial charge in [0.25, 0.3) is 5.91 Å². The third-order valence-electron chi connectivity index (χ3n) is 4.23. The average molecular weight is 324 g/mol. The minimum absolute atomic E-state index is 0.0837. The molecular weight excluding hydrogens is 303 g/mol. The van der Waals surface area contributed by atoms with Crippen molar-refractivity contribution in [1.29, 1.82) is 0 Å². The number of hydrogen-bond donors (Lipinski definition) is 2. The molecule has 0 fully saturated rings. The number of halogens is 1. The fourth-order valence-corrected chi connectivity index (χ4v) is 2.74. The average Bonchev–Trinajstić information content (AvgIpc) is 2.61. The lowest BCUT2D eigenvalue weighted by Crippen LogP contribution is -2.30. The van der Waals surface area contributed by atoms with Crippen molar-refractivity contribution in [3.63, 3.8) is 0 Å². The topological polar surface area (TPSA) is 41.1 Å². The van der Waals surface area contributed by atoms with E-state index in [9.17, 15) is 9.18 Å². The van der Waals surface area contributed by atoms with Crippen molar-refractivity contribution in [2.75, 3.05) is 19.6 Å². The second-order valence-corrected chi connectivity index (χ2v) is 6.06. The van der Waals surface area contributed by atoms with Crippen LogP contribution in [-0.2, 0) is 0 Å². The third-order valence-corrected chi connectivity index (χ3v) is 4.23. The molecule has 1 heterocycles. The Hall–Kier alpha value is -2.46. The zero-order valence-corrected chi connectivity index (χ0v) is 13.7. The number of amides is 1. The molecule has 0 spiro atoms. The summed E-state index contributed by atoms with van der Waals surface area (Å²) in [5, 5.41) is 6.02. The molecule has 3 nitrogen and oxygen atoms in total. The first kappa shape index (κ1) is 16.4. The summed E-state index contributed by atoms with van der Waals surface area (Å²) in [5.41, 5.74) is 4.12. The highest BCUT2D eigenvalue weighted by Crippen LogP contribution is 2.22. The maximum absolute atomic E-state index is 14.3. The molecule has 24 heavy (non-hydrogen) atoms. The molecule has 1 amide bonds. The quantitative estimate of drug-likeness (QED) is 0.846. The van der Waals surface area contributed by atoms with Crippen molar-refractivity contribution in [3.8, 4) is 11.1 Å². The molecule has 1 aliphatic rings. The van der Waals surface area contributed by atoms with Crippen LogP contribution in [0.4, 0.5) is 4.39 Å². The summed E-state index contributed by atoms with van der Waals surface area (Å²) < 4.78 is 14.3. The fraction of sp³-hybridized carbons (Fsp3) is 0.250. The molecule has 4 heteroatoms. The smallest absolute Gasteiger partial charge is 0.254 e. The van der Waals surface area contributed by atoms with Crippen LogP contribution in [0.2, 0.25) is 0 Å². The van der Waals surface area contributed by atoms with Crippen LogP contribution in [-0.4, -0.2) is 25.5 Å². The van der Waals surface area contributed by atoms with E-state index in [4.69, 9.17) is 0 Å². The molecule has 2 aromatic carbocycles. The molecule has 0 saturated heterocycles. The van der Waals surface area contributed by atoms with E-state index >= 15 is 0 Å². The van der Waals surface area contributed by atoms with Crippen LogP contribution in [0.1, 0.15) is 22.3 Å². The SMILES string of the molecule is Cc1ccc(-c2ccc(C(=O)NCC3=CCNCC3)c(F)c2)cc1. The summed E-state index contributed by atoms with van der Waals surface area (Å²) in [4.78, 5) is 12.2. The van der Waals surface area contributed by atoms with Crippen LogP contribution in [0.5, 0.6) is 0 Å². The summed E-state index contributed by atoms with van der Waals surface area (Å²) in [6.45, 7) is 4.22. The van der Waals surface area contributed by atoms with E-state index in [2.05, 4.69) is 16.7 Å². The van der Waals surface area contributed by atoms with Crippen LogP contribution in [0.25, 0.3) is 11.1 Å². The van der Waals surface area contributed by atoms with Gasteiger partial charge in [-0.15, -0.1) is 0 Å². The maximum atomic E-state index is 14.3. The number of carbonyl (C=O) groups excluding carboxylic acids is 1. The number of aryl methyl sites for hydroxylation is 1. The zero-order valence-electron chi connectivity index (χ0n) is 13.7. The van der Waals surface area contributed by atoms with E-state index in [1.165, 1.54) is 11.6 Å². The largest absolute Gasteiger partial charge is 0.348 e. The van der Waals surface area contributed by atoms with E-state index in [1.807, 2.05) is 31.2 Å². The molecule has 2 aromatic rings. The van der Waals surface area contributed by atoms with Crippen molar-refractivity contribution in [2.45, 2.75) is 13.3 Å². The van der Waals surface area contributed by atoms with Crippen molar-refractivity contribution in [1.82, 2.24) is 10.6 Å². The number of rotatable bonds is 4. The first-order valence-electron chi connectivity index (χ1n) is 8.17. The third kappa shape index (κ3) is 3.89. The molecular formula is C20H21FN2O. The molecule has 0 bridgehead atoms. The number of nitrogens with one attached hydrogen (secondary N) is 2. The highest BCUT2D eigenvalue weighted by Gasteiger charge is 2.13. The summed E-state index contributed by atoms with van der Waals surface area (Å²) in [7, 11) is 0. The number of carbonyl (C=O) groups is 1. The van der Waals surface area contributed by atoms with E-state index in [1.54, 1.807) is 12.1 Å². The van der Waals surface area contributed by atoms with Crippen LogP contribution < -0.4 is 10.6 Å². The van der Waals surface area contributed by atoms with Gasteiger partial charge >= 0.3 is 0 Å². The molecule has 0 aromatic heterocycles. The second kappa shape index (κ2) is 7.41. The molecule has 124 valence electrons. The van der Waals surface area contributed by atoms with Crippen LogP contribution >= 0.6 is 0 Å². The molecule has 1 aliphatic heterocycles. The highest BCUT2D eigenvalue weighted by molar-refractivity contribution is 5.95. The Morgan fingerprint density at radius 3 is 2.58 bits per heavy atom. The van der Waals surface area contributed by atoms with Crippen molar-refractivity contribution < 1.29 is 9.18 Å². The molecule has 2 N–H and O–H groups in total. The fourth-order valence-electron chi connectivity index (χ4n) is 2.74.